The van der Waals surface area contributed by atoms with E-state index in [1.807, 2.05) is 55.5 Å². The first kappa shape index (κ1) is 22.3. The van der Waals surface area contributed by atoms with Crippen LogP contribution in [0, 0.1) is 0 Å². The van der Waals surface area contributed by atoms with Crippen LogP contribution in [0.1, 0.15) is 18.1 Å². The van der Waals surface area contributed by atoms with Crippen LogP contribution in [0.3, 0.4) is 0 Å². The zero-order valence-electron chi connectivity index (χ0n) is 18.0. The van der Waals surface area contributed by atoms with E-state index < -0.39 is 10.0 Å². The molecule has 0 aromatic heterocycles. The minimum absolute atomic E-state index is 0.0575. The number of hydrogen-bond acceptors (Lipinski definition) is 5. The van der Waals surface area contributed by atoms with Crippen molar-refractivity contribution in [3.05, 3.63) is 65.1 Å². The predicted octanol–water partition coefficient (Wildman–Crippen LogP) is 0.621. The zero-order valence-corrected chi connectivity index (χ0v) is 18.8. The van der Waals surface area contributed by atoms with E-state index in [9.17, 15) is 13.2 Å². The van der Waals surface area contributed by atoms with Gasteiger partial charge in [0.25, 0.3) is 5.91 Å². The standard InChI is InChI=1S/C23H27N3O5S/c1-18(23(27)24-16-20-7-8-21-22(15-20)31-17-30-21)25-10-12-26(13-11-25)32(28,29)14-9-19-5-3-2-4-6-19/h2-9,14-15,18H,10-13,16-17H2,1H3,(H,24,27)/p+1/b14-9+/t18-/m1/s1. The molecule has 8 nitrogen and oxygen atoms in total. The van der Waals surface area contributed by atoms with Gasteiger partial charge in [-0.15, -0.1) is 0 Å². The third-order valence-corrected chi connectivity index (χ3v) is 7.43. The van der Waals surface area contributed by atoms with Crippen molar-refractivity contribution in [3.8, 4) is 11.5 Å². The normalized spacial score (nSPS) is 18.0. The van der Waals surface area contributed by atoms with E-state index in [1.165, 1.54) is 9.71 Å². The van der Waals surface area contributed by atoms with Gasteiger partial charge in [0.1, 0.15) is 0 Å². The molecule has 1 fully saturated rings. The van der Waals surface area contributed by atoms with Crippen LogP contribution in [0.25, 0.3) is 6.08 Å². The molecule has 4 rings (SSSR count). The number of fused-ring (bicyclic) bond motifs is 1. The molecule has 1 saturated heterocycles. The Hall–Kier alpha value is -2.88. The lowest BCUT2D eigenvalue weighted by atomic mass is 10.2. The first-order chi connectivity index (χ1) is 15.4. The number of quaternary nitrogens is 1. The summed E-state index contributed by atoms with van der Waals surface area (Å²) in [6.45, 7) is 4.43. The summed E-state index contributed by atoms with van der Waals surface area (Å²) in [4.78, 5) is 13.7. The summed E-state index contributed by atoms with van der Waals surface area (Å²) in [6.07, 6.45) is 1.61. The van der Waals surface area contributed by atoms with E-state index in [4.69, 9.17) is 9.47 Å². The van der Waals surface area contributed by atoms with Gasteiger partial charge in [-0.2, -0.15) is 4.31 Å². The summed E-state index contributed by atoms with van der Waals surface area (Å²) >= 11 is 0. The summed E-state index contributed by atoms with van der Waals surface area (Å²) in [5, 5.41) is 4.23. The van der Waals surface area contributed by atoms with Crippen molar-refractivity contribution < 1.29 is 27.6 Å². The molecule has 0 radical (unpaired) electrons. The van der Waals surface area contributed by atoms with E-state index in [0.29, 0.717) is 44.2 Å². The van der Waals surface area contributed by atoms with Crippen LogP contribution in [0.5, 0.6) is 11.5 Å². The molecule has 0 aliphatic carbocycles. The monoisotopic (exact) mass is 458 g/mol. The highest BCUT2D eigenvalue weighted by atomic mass is 32.2. The number of carbonyl (C=O) groups excluding carboxylic acids is 1. The van der Waals surface area contributed by atoms with E-state index in [1.54, 1.807) is 6.08 Å². The number of sulfonamides is 1. The molecular formula is C23H28N3O5S+. The summed E-state index contributed by atoms with van der Waals surface area (Å²) in [5.74, 6) is 1.34. The Morgan fingerprint density at radius 3 is 2.59 bits per heavy atom. The number of piperazine rings is 1. The van der Waals surface area contributed by atoms with Gasteiger partial charge in [0.2, 0.25) is 16.8 Å². The summed E-state index contributed by atoms with van der Waals surface area (Å²) in [5.41, 5.74) is 1.78. The number of ether oxygens (including phenoxy) is 2. The molecule has 32 heavy (non-hydrogen) atoms. The maximum absolute atomic E-state index is 12.7. The molecule has 2 aromatic carbocycles. The van der Waals surface area contributed by atoms with Crippen molar-refractivity contribution >= 4 is 22.0 Å². The van der Waals surface area contributed by atoms with E-state index >= 15 is 0 Å². The lowest BCUT2D eigenvalue weighted by Gasteiger charge is -2.33. The van der Waals surface area contributed by atoms with Crippen molar-refractivity contribution in [2.45, 2.75) is 19.5 Å². The summed E-state index contributed by atoms with van der Waals surface area (Å²) in [6, 6.07) is 14.7. The van der Waals surface area contributed by atoms with Gasteiger partial charge in [0, 0.05) is 12.0 Å². The SMILES string of the molecule is C[C@H](C(=O)NCc1ccc2c(c1)OCO2)[NH+]1CCN(S(=O)(=O)/C=C/c2ccccc2)CC1. The molecule has 2 aliphatic rings. The number of carbonyl (C=O) groups is 1. The molecule has 1 atom stereocenters. The van der Waals surface area contributed by atoms with Crippen molar-refractivity contribution in [3.63, 3.8) is 0 Å². The largest absolute Gasteiger partial charge is 0.454 e. The molecule has 2 N–H and O–H groups in total. The second kappa shape index (κ2) is 9.72. The fraction of sp³-hybridized carbons (Fsp3) is 0.348. The third-order valence-electron chi connectivity index (χ3n) is 5.87. The molecule has 9 heteroatoms. The Labute approximate surface area is 188 Å². The van der Waals surface area contributed by atoms with E-state index in [-0.39, 0.29) is 18.7 Å². The van der Waals surface area contributed by atoms with Gasteiger partial charge in [-0.25, -0.2) is 8.42 Å². The van der Waals surface area contributed by atoms with Gasteiger partial charge < -0.3 is 19.7 Å². The second-order valence-corrected chi connectivity index (χ2v) is 9.76. The molecule has 2 aromatic rings. The molecule has 1 amide bonds. The number of nitrogens with one attached hydrogen (secondary N) is 2. The van der Waals surface area contributed by atoms with Gasteiger partial charge >= 0.3 is 0 Å². The minimum Gasteiger partial charge on any atom is -0.454 e. The van der Waals surface area contributed by atoms with Crippen molar-refractivity contribution in [1.29, 1.82) is 0 Å². The molecule has 0 spiro atoms. The molecule has 0 unspecified atom stereocenters. The average molecular weight is 459 g/mol. The number of rotatable bonds is 7. The van der Waals surface area contributed by atoms with Gasteiger partial charge in [0.05, 0.1) is 26.2 Å². The average Bonchev–Trinajstić information content (AvgIpc) is 3.29. The van der Waals surface area contributed by atoms with Crippen LogP contribution in [0.2, 0.25) is 0 Å². The van der Waals surface area contributed by atoms with Gasteiger partial charge in [-0.05, 0) is 36.3 Å². The number of hydrogen-bond donors (Lipinski definition) is 2. The maximum Gasteiger partial charge on any atom is 0.278 e. The Morgan fingerprint density at radius 1 is 1.12 bits per heavy atom. The minimum atomic E-state index is -3.49. The number of amides is 1. The molecule has 0 saturated carbocycles. The number of benzene rings is 2. The van der Waals surface area contributed by atoms with Crippen LogP contribution in [-0.4, -0.2) is 57.6 Å². The number of nitrogens with zero attached hydrogens (tertiary/aromatic N) is 1. The second-order valence-electron chi connectivity index (χ2n) is 7.94. The van der Waals surface area contributed by atoms with Crippen molar-refractivity contribution in [2.24, 2.45) is 0 Å². The smallest absolute Gasteiger partial charge is 0.278 e. The van der Waals surface area contributed by atoms with Crippen molar-refractivity contribution in [1.82, 2.24) is 9.62 Å². The van der Waals surface area contributed by atoms with Crippen molar-refractivity contribution in [2.75, 3.05) is 33.0 Å². The molecule has 2 heterocycles. The van der Waals surface area contributed by atoms with Crippen LogP contribution in [0.4, 0.5) is 0 Å². The predicted molar refractivity (Wildman–Crippen MR) is 121 cm³/mol. The van der Waals surface area contributed by atoms with Gasteiger partial charge in [-0.3, -0.25) is 4.79 Å². The summed E-state index contributed by atoms with van der Waals surface area (Å²) in [7, 11) is -3.49. The topological polar surface area (TPSA) is 89.4 Å². The van der Waals surface area contributed by atoms with Gasteiger partial charge in [-0.1, -0.05) is 36.4 Å². The molecule has 170 valence electrons. The summed E-state index contributed by atoms with van der Waals surface area (Å²) < 4.78 is 37.4. The third kappa shape index (κ3) is 5.29. The molecule has 2 aliphatic heterocycles. The lowest BCUT2D eigenvalue weighted by molar-refractivity contribution is -0.917. The quantitative estimate of drug-likeness (QED) is 0.635. The highest BCUT2D eigenvalue weighted by molar-refractivity contribution is 7.92. The lowest BCUT2D eigenvalue weighted by Crippen LogP contribution is -3.19. The zero-order chi connectivity index (χ0) is 22.6. The highest BCUT2D eigenvalue weighted by Gasteiger charge is 2.32. The maximum atomic E-state index is 12.7. The van der Waals surface area contributed by atoms with E-state index in [0.717, 1.165) is 16.0 Å². The first-order valence-electron chi connectivity index (χ1n) is 10.7. The Morgan fingerprint density at radius 2 is 1.84 bits per heavy atom. The van der Waals surface area contributed by atoms with Crippen LogP contribution < -0.4 is 19.7 Å². The Balaban J connectivity index is 1.26. The van der Waals surface area contributed by atoms with Crippen LogP contribution in [0.15, 0.2) is 53.9 Å². The van der Waals surface area contributed by atoms with Gasteiger partial charge in [0.15, 0.2) is 17.5 Å². The Bertz CT molecular complexity index is 1080. The Kier molecular flexibility index (Phi) is 6.78. The van der Waals surface area contributed by atoms with E-state index in [2.05, 4.69) is 5.32 Å². The fourth-order valence-electron chi connectivity index (χ4n) is 3.85. The molecule has 0 bridgehead atoms. The fourth-order valence-corrected chi connectivity index (χ4v) is 5.05. The highest BCUT2D eigenvalue weighted by Crippen LogP contribution is 2.32. The first-order valence-corrected chi connectivity index (χ1v) is 12.2. The molecular weight excluding hydrogens is 430 g/mol. The van der Waals surface area contributed by atoms with Crippen LogP contribution >= 0.6 is 0 Å². The van der Waals surface area contributed by atoms with Crippen LogP contribution in [-0.2, 0) is 21.4 Å².